The zero-order valence-electron chi connectivity index (χ0n) is 16.1. The van der Waals surface area contributed by atoms with Gasteiger partial charge in [-0.05, 0) is 18.4 Å². The van der Waals surface area contributed by atoms with Crippen molar-refractivity contribution in [3.8, 4) is 0 Å². The minimum absolute atomic E-state index is 0.0683. The first-order valence-electron chi connectivity index (χ1n) is 10.00. The summed E-state index contributed by atoms with van der Waals surface area (Å²) in [4.78, 5) is 24.5. The van der Waals surface area contributed by atoms with E-state index in [4.69, 9.17) is 4.74 Å². The van der Waals surface area contributed by atoms with Crippen LogP contribution in [0.15, 0.2) is 24.3 Å². The maximum atomic E-state index is 12.3. The number of hydrogen-bond acceptors (Lipinski definition) is 4. The number of aliphatic hydroxyl groups excluding tert-OH is 1. The van der Waals surface area contributed by atoms with Crippen LogP contribution in [0.4, 0.5) is 0 Å². The third-order valence-corrected chi connectivity index (χ3v) is 5.24. The number of ketones is 2. The molecule has 0 aliphatic heterocycles. The number of carbonyl (C=O) groups is 2. The highest BCUT2D eigenvalue weighted by atomic mass is 16.5. The number of Topliss-reactive ketones (excluding diaryl/α,β-unsaturated/α-hetero) is 2. The summed E-state index contributed by atoms with van der Waals surface area (Å²) >= 11 is 0. The Bertz CT molecular complexity index is 578. The van der Waals surface area contributed by atoms with Crippen LogP contribution >= 0.6 is 0 Å². The lowest BCUT2D eigenvalue weighted by molar-refractivity contribution is -0.122. The summed E-state index contributed by atoms with van der Waals surface area (Å²) in [5.74, 6) is -0.312. The van der Waals surface area contributed by atoms with Crippen molar-refractivity contribution in [2.24, 2.45) is 5.92 Å². The quantitative estimate of drug-likeness (QED) is 0.472. The molecule has 0 bridgehead atoms. The highest BCUT2D eigenvalue weighted by Gasteiger charge is 2.42. The van der Waals surface area contributed by atoms with Crippen molar-refractivity contribution in [3.63, 3.8) is 0 Å². The first kappa shape index (κ1) is 20.8. The van der Waals surface area contributed by atoms with Gasteiger partial charge in [-0.15, -0.1) is 0 Å². The number of carbonyl (C=O) groups excluding carboxylic acids is 2. The molecule has 4 nitrogen and oxygen atoms in total. The fourth-order valence-corrected chi connectivity index (χ4v) is 3.63. The Labute approximate surface area is 156 Å². The largest absolute Gasteiger partial charge is 0.392 e. The van der Waals surface area contributed by atoms with Gasteiger partial charge in [0.15, 0.2) is 5.78 Å². The summed E-state index contributed by atoms with van der Waals surface area (Å²) in [6, 6.07) is 7.43. The van der Waals surface area contributed by atoms with Gasteiger partial charge in [-0.25, -0.2) is 0 Å². The van der Waals surface area contributed by atoms with E-state index in [1.165, 1.54) is 0 Å². The van der Waals surface area contributed by atoms with Crippen LogP contribution in [0, 0.1) is 5.92 Å². The van der Waals surface area contributed by atoms with Crippen molar-refractivity contribution in [2.45, 2.75) is 70.8 Å². The van der Waals surface area contributed by atoms with Crippen LogP contribution in [0.2, 0.25) is 0 Å². The van der Waals surface area contributed by atoms with Crippen LogP contribution in [-0.2, 0) is 9.53 Å². The topological polar surface area (TPSA) is 63.6 Å². The zero-order valence-corrected chi connectivity index (χ0v) is 16.1. The summed E-state index contributed by atoms with van der Waals surface area (Å²) in [5, 5.41) is 10.4. The van der Waals surface area contributed by atoms with Crippen LogP contribution in [0.5, 0.6) is 0 Å². The molecule has 144 valence electrons. The van der Waals surface area contributed by atoms with E-state index in [9.17, 15) is 14.7 Å². The molecule has 1 N–H and O–H groups in total. The average molecular weight is 360 g/mol. The number of hydrogen-bond donors (Lipinski definition) is 1. The number of benzene rings is 1. The van der Waals surface area contributed by atoms with Crippen LogP contribution in [0.25, 0.3) is 0 Å². The molecular weight excluding hydrogens is 328 g/mol. The fraction of sp³-hybridized carbons (Fsp3) is 0.636. The molecule has 1 saturated carbocycles. The molecule has 1 aromatic carbocycles. The van der Waals surface area contributed by atoms with Gasteiger partial charge in [0.2, 0.25) is 0 Å². The molecule has 0 aromatic heterocycles. The molecule has 1 aliphatic carbocycles. The normalized spacial score (nSPS) is 22.7. The monoisotopic (exact) mass is 360 g/mol. The van der Waals surface area contributed by atoms with Gasteiger partial charge in [-0.1, -0.05) is 57.4 Å². The first-order valence-corrected chi connectivity index (χ1v) is 10.00. The Morgan fingerprint density at radius 2 is 1.81 bits per heavy atom. The average Bonchev–Trinajstić information content (AvgIpc) is 2.92. The molecule has 3 atom stereocenters. The standard InChI is InChI=1S/C22H32O4/c1-3-5-7-8-19(23)16-9-11-17(12-10-16)22-18(15-26-13-6-4-2)20(24)14-21(22)25/h9-12,18,21-22,25H,3-8,13-15H2,1-2H3/t18?,21-,22?/m1/s1. The molecular formula is C22H32O4. The molecule has 1 fully saturated rings. The van der Waals surface area contributed by atoms with Gasteiger partial charge in [0, 0.05) is 30.9 Å². The van der Waals surface area contributed by atoms with Crippen LogP contribution in [-0.4, -0.2) is 36.0 Å². The summed E-state index contributed by atoms with van der Waals surface area (Å²) in [5.41, 5.74) is 1.62. The smallest absolute Gasteiger partial charge is 0.162 e. The number of rotatable bonds is 11. The number of unbranched alkanes of at least 4 members (excludes halogenated alkanes) is 3. The molecule has 1 aliphatic rings. The summed E-state index contributed by atoms with van der Waals surface area (Å²) in [6.07, 6.45) is 5.20. The van der Waals surface area contributed by atoms with Crippen molar-refractivity contribution in [2.75, 3.05) is 13.2 Å². The van der Waals surface area contributed by atoms with Crippen LogP contribution in [0.1, 0.15) is 80.6 Å². The third-order valence-electron chi connectivity index (χ3n) is 5.24. The molecule has 0 heterocycles. The van der Waals surface area contributed by atoms with E-state index in [0.717, 1.165) is 37.7 Å². The van der Waals surface area contributed by atoms with Gasteiger partial charge in [0.05, 0.1) is 18.6 Å². The minimum atomic E-state index is -0.673. The molecule has 4 heteroatoms. The van der Waals surface area contributed by atoms with E-state index < -0.39 is 6.10 Å². The highest BCUT2D eigenvalue weighted by molar-refractivity contribution is 5.96. The van der Waals surface area contributed by atoms with E-state index in [2.05, 4.69) is 13.8 Å². The first-order chi connectivity index (χ1) is 12.6. The lowest BCUT2D eigenvalue weighted by Crippen LogP contribution is -2.23. The third kappa shape index (κ3) is 5.49. The lowest BCUT2D eigenvalue weighted by atomic mass is 9.87. The van der Waals surface area contributed by atoms with E-state index >= 15 is 0 Å². The Morgan fingerprint density at radius 1 is 1.12 bits per heavy atom. The van der Waals surface area contributed by atoms with Gasteiger partial charge in [0.1, 0.15) is 5.78 Å². The van der Waals surface area contributed by atoms with Crippen LogP contribution < -0.4 is 0 Å². The van der Waals surface area contributed by atoms with E-state index in [1.54, 1.807) is 0 Å². The molecule has 1 aromatic rings. The van der Waals surface area contributed by atoms with Crippen molar-refractivity contribution in [1.29, 1.82) is 0 Å². The molecule has 2 unspecified atom stereocenters. The SMILES string of the molecule is CCCCCC(=O)c1ccc(C2C(COCCCC)C(=O)C[C@H]2O)cc1. The predicted molar refractivity (Wildman–Crippen MR) is 103 cm³/mol. The van der Waals surface area contributed by atoms with Crippen LogP contribution in [0.3, 0.4) is 0 Å². The van der Waals surface area contributed by atoms with Crippen molar-refractivity contribution in [3.05, 3.63) is 35.4 Å². The second-order valence-electron chi connectivity index (χ2n) is 7.30. The Kier molecular flexibility index (Phi) is 8.46. The fourth-order valence-electron chi connectivity index (χ4n) is 3.63. The highest BCUT2D eigenvalue weighted by Crippen LogP contribution is 2.38. The Hall–Kier alpha value is -1.52. The zero-order chi connectivity index (χ0) is 18.9. The second kappa shape index (κ2) is 10.6. The maximum absolute atomic E-state index is 12.3. The Morgan fingerprint density at radius 3 is 2.46 bits per heavy atom. The summed E-state index contributed by atoms with van der Waals surface area (Å²) in [6.45, 7) is 5.23. The predicted octanol–water partition coefficient (Wildman–Crippen LogP) is 4.30. The molecule has 0 saturated heterocycles. The van der Waals surface area contributed by atoms with E-state index in [0.29, 0.717) is 25.2 Å². The van der Waals surface area contributed by atoms with Crippen molar-refractivity contribution in [1.82, 2.24) is 0 Å². The second-order valence-corrected chi connectivity index (χ2v) is 7.30. The molecule has 0 radical (unpaired) electrons. The van der Waals surface area contributed by atoms with Gasteiger partial charge in [-0.2, -0.15) is 0 Å². The Balaban J connectivity index is 2.02. The van der Waals surface area contributed by atoms with Crippen molar-refractivity contribution < 1.29 is 19.4 Å². The van der Waals surface area contributed by atoms with Gasteiger partial charge in [-0.3, -0.25) is 9.59 Å². The minimum Gasteiger partial charge on any atom is -0.392 e. The molecule has 2 rings (SSSR count). The summed E-state index contributed by atoms with van der Waals surface area (Å²) in [7, 11) is 0. The maximum Gasteiger partial charge on any atom is 0.162 e. The van der Waals surface area contributed by atoms with Gasteiger partial charge >= 0.3 is 0 Å². The molecule has 0 spiro atoms. The van der Waals surface area contributed by atoms with Gasteiger partial charge < -0.3 is 9.84 Å². The van der Waals surface area contributed by atoms with E-state index in [-0.39, 0.29) is 29.8 Å². The van der Waals surface area contributed by atoms with Gasteiger partial charge in [0.25, 0.3) is 0 Å². The number of aliphatic hydroxyl groups is 1. The lowest BCUT2D eigenvalue weighted by Gasteiger charge is -2.21. The van der Waals surface area contributed by atoms with E-state index in [1.807, 2.05) is 24.3 Å². The number of ether oxygens (including phenoxy) is 1. The van der Waals surface area contributed by atoms with Crippen molar-refractivity contribution >= 4 is 11.6 Å². The molecule has 0 amide bonds. The molecule has 26 heavy (non-hydrogen) atoms. The summed E-state index contributed by atoms with van der Waals surface area (Å²) < 4.78 is 5.66.